The summed E-state index contributed by atoms with van der Waals surface area (Å²) in [6.07, 6.45) is 1.76. The summed E-state index contributed by atoms with van der Waals surface area (Å²) in [5, 5.41) is 6.20. The van der Waals surface area contributed by atoms with E-state index >= 15 is 0 Å². The summed E-state index contributed by atoms with van der Waals surface area (Å²) in [5.74, 6) is 0.179. The Bertz CT molecular complexity index is 1160. The van der Waals surface area contributed by atoms with E-state index in [9.17, 15) is 4.79 Å². The van der Waals surface area contributed by atoms with Crippen molar-refractivity contribution in [3.05, 3.63) is 52.8 Å². The lowest BCUT2D eigenvalue weighted by Gasteiger charge is -2.18. The summed E-state index contributed by atoms with van der Waals surface area (Å²) >= 11 is 1.62. The number of thiazole rings is 1. The fraction of sp³-hybridized carbons (Fsp3) is 0.364. The van der Waals surface area contributed by atoms with E-state index in [-0.39, 0.29) is 17.9 Å². The van der Waals surface area contributed by atoms with Crippen LogP contribution in [0.2, 0.25) is 0 Å². The maximum Gasteiger partial charge on any atom is 0.254 e. The minimum Gasteiger partial charge on any atom is -0.335 e. The minimum absolute atomic E-state index is 0.0399. The molecular weight excluding hydrogens is 382 g/mol. The quantitative estimate of drug-likeness (QED) is 0.466. The zero-order valence-corrected chi connectivity index (χ0v) is 18.2. The Morgan fingerprint density at radius 3 is 2.62 bits per heavy atom. The second-order valence-electron chi connectivity index (χ2n) is 7.91. The molecule has 0 saturated heterocycles. The second kappa shape index (κ2) is 7.55. The Kier molecular flexibility index (Phi) is 5.08. The molecule has 0 radical (unpaired) electrons. The summed E-state index contributed by atoms with van der Waals surface area (Å²) < 4.78 is 3.01. The van der Waals surface area contributed by atoms with Gasteiger partial charge in [-0.15, -0.1) is 11.3 Å². The number of pyridine rings is 1. The third-order valence-corrected chi connectivity index (χ3v) is 5.98. The molecule has 1 aromatic carbocycles. The highest BCUT2D eigenvalue weighted by atomic mass is 32.1. The number of fused-ring (bicyclic) bond motifs is 2. The molecular formula is C22H25N5OS. The number of nitrogens with zero attached hydrogens (tertiary/aromatic N) is 5. The fourth-order valence-corrected chi connectivity index (χ4v) is 4.38. The molecule has 29 heavy (non-hydrogen) atoms. The van der Waals surface area contributed by atoms with Crippen molar-refractivity contribution in [2.75, 3.05) is 7.05 Å². The normalized spacial score (nSPS) is 11.8. The average Bonchev–Trinajstić information content (AvgIpc) is 3.29. The van der Waals surface area contributed by atoms with Crippen LogP contribution < -0.4 is 0 Å². The van der Waals surface area contributed by atoms with Crippen LogP contribution in [0.15, 0.2) is 36.5 Å². The molecule has 0 atom stereocenters. The van der Waals surface area contributed by atoms with Crippen LogP contribution in [0, 0.1) is 0 Å². The number of para-hydroxylation sites is 1. The molecule has 0 bridgehead atoms. The monoisotopic (exact) mass is 407 g/mol. The van der Waals surface area contributed by atoms with Crippen LogP contribution in [0.3, 0.4) is 0 Å². The van der Waals surface area contributed by atoms with Crippen molar-refractivity contribution in [2.24, 2.45) is 0 Å². The van der Waals surface area contributed by atoms with E-state index in [0.717, 1.165) is 32.0 Å². The van der Waals surface area contributed by atoms with Crippen molar-refractivity contribution < 1.29 is 4.79 Å². The average molecular weight is 408 g/mol. The van der Waals surface area contributed by atoms with Gasteiger partial charge in [-0.1, -0.05) is 26.0 Å². The molecule has 0 fully saturated rings. The Morgan fingerprint density at radius 2 is 1.93 bits per heavy atom. The number of carbonyl (C=O) groups is 1. The van der Waals surface area contributed by atoms with Gasteiger partial charge in [-0.25, -0.2) is 14.6 Å². The van der Waals surface area contributed by atoms with Gasteiger partial charge in [-0.2, -0.15) is 5.10 Å². The van der Waals surface area contributed by atoms with Crippen LogP contribution in [-0.4, -0.2) is 37.6 Å². The SMILES string of the molecule is CC(C)c1cc(C(=O)N(C)Cc2nc3ccccc3s2)c2cnn(C(C)C)c2n1. The largest absolute Gasteiger partial charge is 0.335 e. The van der Waals surface area contributed by atoms with E-state index < -0.39 is 0 Å². The van der Waals surface area contributed by atoms with Crippen molar-refractivity contribution in [2.45, 2.75) is 46.2 Å². The lowest BCUT2D eigenvalue weighted by molar-refractivity contribution is 0.0787. The summed E-state index contributed by atoms with van der Waals surface area (Å²) in [5.41, 5.74) is 3.29. The van der Waals surface area contributed by atoms with Gasteiger partial charge in [0.2, 0.25) is 0 Å². The van der Waals surface area contributed by atoms with E-state index in [1.807, 2.05) is 36.0 Å². The molecule has 0 spiro atoms. The first-order valence-corrected chi connectivity index (χ1v) is 10.6. The van der Waals surface area contributed by atoms with Crippen LogP contribution in [0.5, 0.6) is 0 Å². The summed E-state index contributed by atoms with van der Waals surface area (Å²) in [4.78, 5) is 24.5. The first-order chi connectivity index (χ1) is 13.8. The van der Waals surface area contributed by atoms with E-state index in [0.29, 0.717) is 12.1 Å². The van der Waals surface area contributed by atoms with Crippen molar-refractivity contribution in [1.82, 2.24) is 24.6 Å². The Labute approximate surface area is 174 Å². The van der Waals surface area contributed by atoms with Crippen LogP contribution >= 0.6 is 11.3 Å². The highest BCUT2D eigenvalue weighted by Gasteiger charge is 2.22. The predicted molar refractivity (Wildman–Crippen MR) is 117 cm³/mol. The molecule has 0 saturated carbocycles. The van der Waals surface area contributed by atoms with Gasteiger partial charge in [0, 0.05) is 18.8 Å². The highest BCUT2D eigenvalue weighted by Crippen LogP contribution is 2.27. The summed E-state index contributed by atoms with van der Waals surface area (Å²) in [6, 6.07) is 10.1. The third-order valence-electron chi connectivity index (χ3n) is 4.95. The Hall–Kier alpha value is -2.80. The van der Waals surface area contributed by atoms with Crippen LogP contribution in [0.4, 0.5) is 0 Å². The highest BCUT2D eigenvalue weighted by molar-refractivity contribution is 7.18. The first-order valence-electron chi connectivity index (χ1n) is 9.83. The Balaban J connectivity index is 1.71. The zero-order chi connectivity index (χ0) is 20.7. The second-order valence-corrected chi connectivity index (χ2v) is 9.02. The van der Waals surface area contributed by atoms with Gasteiger partial charge in [0.1, 0.15) is 5.01 Å². The van der Waals surface area contributed by atoms with E-state index in [1.54, 1.807) is 22.4 Å². The maximum atomic E-state index is 13.4. The van der Waals surface area contributed by atoms with Gasteiger partial charge in [0.25, 0.3) is 5.91 Å². The van der Waals surface area contributed by atoms with Gasteiger partial charge >= 0.3 is 0 Å². The predicted octanol–water partition coefficient (Wildman–Crippen LogP) is 5.02. The molecule has 0 aliphatic rings. The van der Waals surface area contributed by atoms with Crippen molar-refractivity contribution in [3.8, 4) is 0 Å². The smallest absolute Gasteiger partial charge is 0.254 e. The van der Waals surface area contributed by atoms with Crippen molar-refractivity contribution in [3.63, 3.8) is 0 Å². The molecule has 0 aliphatic heterocycles. The topological polar surface area (TPSA) is 63.9 Å². The third kappa shape index (κ3) is 3.62. The summed E-state index contributed by atoms with van der Waals surface area (Å²) in [6.45, 7) is 8.78. The van der Waals surface area contributed by atoms with Crippen molar-refractivity contribution >= 4 is 38.5 Å². The number of hydrogen-bond donors (Lipinski definition) is 0. The van der Waals surface area contributed by atoms with Crippen LogP contribution in [0.25, 0.3) is 21.3 Å². The Morgan fingerprint density at radius 1 is 1.17 bits per heavy atom. The molecule has 6 nitrogen and oxygen atoms in total. The van der Waals surface area contributed by atoms with Gasteiger partial charge in [-0.3, -0.25) is 4.79 Å². The first kappa shape index (κ1) is 19.5. The molecule has 150 valence electrons. The number of amides is 1. The van der Waals surface area contributed by atoms with Gasteiger partial charge in [-0.05, 0) is 38.0 Å². The number of rotatable bonds is 5. The van der Waals surface area contributed by atoms with E-state index in [2.05, 4.69) is 43.8 Å². The zero-order valence-electron chi connectivity index (χ0n) is 17.4. The summed E-state index contributed by atoms with van der Waals surface area (Å²) in [7, 11) is 1.82. The number of aromatic nitrogens is 4. The molecule has 3 heterocycles. The lowest BCUT2D eigenvalue weighted by atomic mass is 10.0. The molecule has 4 rings (SSSR count). The van der Waals surface area contributed by atoms with Crippen LogP contribution in [0.1, 0.15) is 60.7 Å². The van der Waals surface area contributed by atoms with Gasteiger partial charge in [0.15, 0.2) is 5.65 Å². The standard InChI is InChI=1S/C22H25N5OS/c1-13(2)18-10-15(16-11-23-27(14(3)4)21(16)25-18)22(28)26(5)12-20-24-17-8-6-7-9-19(17)29-20/h6-11,13-14H,12H2,1-5H3. The minimum atomic E-state index is -0.0399. The molecule has 3 aromatic heterocycles. The van der Waals surface area contributed by atoms with Crippen molar-refractivity contribution in [1.29, 1.82) is 0 Å². The van der Waals surface area contributed by atoms with Gasteiger partial charge in [0.05, 0.1) is 33.9 Å². The molecule has 7 heteroatoms. The van der Waals surface area contributed by atoms with E-state index in [4.69, 9.17) is 4.98 Å². The maximum absolute atomic E-state index is 13.4. The van der Waals surface area contributed by atoms with E-state index in [1.165, 1.54) is 0 Å². The molecule has 0 unspecified atom stereocenters. The molecule has 1 amide bonds. The van der Waals surface area contributed by atoms with Crippen LogP contribution in [-0.2, 0) is 6.54 Å². The van der Waals surface area contributed by atoms with Gasteiger partial charge < -0.3 is 4.90 Å². The molecule has 0 aliphatic carbocycles. The lowest BCUT2D eigenvalue weighted by Crippen LogP contribution is -2.26. The number of hydrogen-bond acceptors (Lipinski definition) is 5. The fourth-order valence-electron chi connectivity index (χ4n) is 3.36. The number of carbonyl (C=O) groups excluding carboxylic acids is 1. The molecule has 4 aromatic rings. The molecule has 0 N–H and O–H groups in total. The number of benzene rings is 1.